The lowest BCUT2D eigenvalue weighted by Crippen LogP contribution is -2.54. The molecule has 1 fully saturated rings. The van der Waals surface area contributed by atoms with Crippen LogP contribution in [0.25, 0.3) is 11.0 Å². The Hall–Kier alpha value is -2.99. The highest BCUT2D eigenvalue weighted by Crippen LogP contribution is 2.32. The van der Waals surface area contributed by atoms with Crippen LogP contribution in [0.2, 0.25) is 0 Å². The molecule has 3 aromatic heterocycles. The molecule has 0 aromatic carbocycles. The summed E-state index contributed by atoms with van der Waals surface area (Å²) in [6, 6.07) is 4.33. The number of ether oxygens (including phenoxy) is 1. The molecule has 1 aliphatic rings. The number of aryl methyl sites for hydroxylation is 1. The van der Waals surface area contributed by atoms with Crippen LogP contribution >= 0.6 is 0 Å². The zero-order chi connectivity index (χ0) is 26.0. The fourth-order valence-electron chi connectivity index (χ4n) is 4.36. The number of nitrogens with one attached hydrogen (secondary N) is 2. The van der Waals surface area contributed by atoms with Gasteiger partial charge in [-0.1, -0.05) is 19.9 Å². The molecule has 12 heteroatoms. The van der Waals surface area contributed by atoms with Crippen molar-refractivity contribution in [2.24, 2.45) is 0 Å². The Bertz CT molecular complexity index is 1170. The van der Waals surface area contributed by atoms with Gasteiger partial charge in [0, 0.05) is 31.4 Å². The van der Waals surface area contributed by atoms with Gasteiger partial charge in [-0.3, -0.25) is 4.68 Å². The molecule has 0 unspecified atom stereocenters. The molecule has 9 nitrogen and oxygen atoms in total. The Labute approximate surface area is 208 Å². The number of aromatic nitrogens is 5. The first kappa shape index (κ1) is 26.1. The maximum Gasteiger partial charge on any atom is 0.411 e. The second kappa shape index (κ2) is 10.6. The molecule has 1 aliphatic heterocycles. The standard InChI is InChI=1S/C24H33F3N8O/c1-14(2)19-20-21(35(33-19)8-9-36-13-24(25,26)27)22(30-18-7-6-15(3)10-28-18)32-23(31-20)34-11-16(4)29-17(5)12-34/h6-7,10,14,16-17,29H,8-9,11-13H2,1-5H3,(H,28,30,31,32)/t16-,17-/m1/s1. The van der Waals surface area contributed by atoms with Gasteiger partial charge in [-0.2, -0.15) is 23.3 Å². The van der Waals surface area contributed by atoms with E-state index < -0.39 is 12.8 Å². The average Bonchev–Trinajstić information content (AvgIpc) is 3.16. The van der Waals surface area contributed by atoms with E-state index in [0.717, 1.165) is 24.3 Å². The van der Waals surface area contributed by atoms with E-state index in [-0.39, 0.29) is 31.2 Å². The van der Waals surface area contributed by atoms with Crippen LogP contribution in [-0.2, 0) is 11.3 Å². The first-order chi connectivity index (χ1) is 17.0. The lowest BCUT2D eigenvalue weighted by molar-refractivity contribution is -0.174. The van der Waals surface area contributed by atoms with Crippen molar-refractivity contribution in [3.8, 4) is 0 Å². The van der Waals surface area contributed by atoms with Crippen LogP contribution < -0.4 is 15.5 Å². The topological polar surface area (TPSA) is 93.0 Å². The number of nitrogens with zero attached hydrogens (tertiary/aromatic N) is 6. The molecule has 4 heterocycles. The largest absolute Gasteiger partial charge is 0.411 e. The molecule has 0 radical (unpaired) electrons. The van der Waals surface area contributed by atoms with Crippen molar-refractivity contribution < 1.29 is 17.9 Å². The van der Waals surface area contributed by atoms with E-state index in [2.05, 4.69) is 34.4 Å². The van der Waals surface area contributed by atoms with Gasteiger partial charge in [0.15, 0.2) is 5.82 Å². The van der Waals surface area contributed by atoms with Crippen LogP contribution in [0.1, 0.15) is 44.9 Å². The summed E-state index contributed by atoms with van der Waals surface area (Å²) in [7, 11) is 0. The quantitative estimate of drug-likeness (QED) is 0.440. The Kier molecular flexibility index (Phi) is 7.65. The number of pyridine rings is 1. The predicted octanol–water partition coefficient (Wildman–Crippen LogP) is 4.16. The minimum Gasteiger partial charge on any atom is -0.370 e. The number of hydrogen-bond acceptors (Lipinski definition) is 8. The normalized spacial score (nSPS) is 18.9. The minimum atomic E-state index is -4.38. The van der Waals surface area contributed by atoms with Gasteiger partial charge >= 0.3 is 6.18 Å². The van der Waals surface area contributed by atoms with Gasteiger partial charge in [0.25, 0.3) is 0 Å². The van der Waals surface area contributed by atoms with Crippen LogP contribution in [-0.4, -0.2) is 69.3 Å². The van der Waals surface area contributed by atoms with E-state index in [1.807, 2.05) is 32.9 Å². The van der Waals surface area contributed by atoms with Gasteiger partial charge < -0.3 is 20.3 Å². The number of alkyl halides is 3. The van der Waals surface area contributed by atoms with E-state index in [9.17, 15) is 13.2 Å². The maximum atomic E-state index is 12.6. The zero-order valence-electron chi connectivity index (χ0n) is 21.2. The smallest absolute Gasteiger partial charge is 0.370 e. The molecule has 1 saturated heterocycles. The minimum absolute atomic E-state index is 0.0406. The summed E-state index contributed by atoms with van der Waals surface area (Å²) < 4.78 is 44.2. The lowest BCUT2D eigenvalue weighted by Gasteiger charge is -2.36. The second-order valence-corrected chi connectivity index (χ2v) is 9.72. The first-order valence-corrected chi connectivity index (χ1v) is 12.1. The van der Waals surface area contributed by atoms with Crippen molar-refractivity contribution >= 4 is 28.6 Å². The van der Waals surface area contributed by atoms with E-state index in [1.165, 1.54) is 0 Å². The van der Waals surface area contributed by atoms with E-state index >= 15 is 0 Å². The maximum absolute atomic E-state index is 12.6. The monoisotopic (exact) mass is 506 g/mol. The van der Waals surface area contributed by atoms with Gasteiger partial charge in [-0.15, -0.1) is 0 Å². The van der Waals surface area contributed by atoms with Crippen molar-refractivity contribution in [1.29, 1.82) is 0 Å². The van der Waals surface area contributed by atoms with Gasteiger partial charge in [-0.25, -0.2) is 9.97 Å². The highest BCUT2D eigenvalue weighted by Gasteiger charge is 2.29. The molecule has 0 amide bonds. The van der Waals surface area contributed by atoms with Crippen molar-refractivity contribution in [3.05, 3.63) is 29.6 Å². The molecule has 3 aromatic rings. The lowest BCUT2D eigenvalue weighted by atomic mass is 10.1. The highest BCUT2D eigenvalue weighted by atomic mass is 19.4. The Morgan fingerprint density at radius 1 is 1.17 bits per heavy atom. The van der Waals surface area contributed by atoms with Crippen molar-refractivity contribution in [2.75, 3.05) is 36.5 Å². The third-order valence-corrected chi connectivity index (χ3v) is 5.86. The fraction of sp³-hybridized carbons (Fsp3) is 0.583. The Morgan fingerprint density at radius 3 is 2.50 bits per heavy atom. The molecule has 0 aliphatic carbocycles. The summed E-state index contributed by atoms with van der Waals surface area (Å²) >= 11 is 0. The van der Waals surface area contributed by atoms with Crippen LogP contribution in [0.4, 0.5) is 30.8 Å². The van der Waals surface area contributed by atoms with Crippen LogP contribution in [0.15, 0.2) is 18.3 Å². The Morgan fingerprint density at radius 2 is 1.89 bits per heavy atom. The highest BCUT2D eigenvalue weighted by molar-refractivity contribution is 5.90. The number of fused-ring (bicyclic) bond motifs is 1. The van der Waals surface area contributed by atoms with Crippen molar-refractivity contribution in [3.63, 3.8) is 0 Å². The van der Waals surface area contributed by atoms with E-state index in [0.29, 0.717) is 28.6 Å². The Balaban J connectivity index is 1.77. The van der Waals surface area contributed by atoms with Gasteiger partial charge in [0.05, 0.1) is 18.8 Å². The van der Waals surface area contributed by atoms with Gasteiger partial charge in [0.2, 0.25) is 5.95 Å². The molecule has 0 spiro atoms. The second-order valence-electron chi connectivity index (χ2n) is 9.72. The molecule has 2 atom stereocenters. The number of hydrogen-bond donors (Lipinski definition) is 2. The molecule has 196 valence electrons. The summed E-state index contributed by atoms with van der Waals surface area (Å²) in [5.41, 5.74) is 3.04. The van der Waals surface area contributed by atoms with Crippen LogP contribution in [0, 0.1) is 6.92 Å². The molecule has 2 N–H and O–H groups in total. The van der Waals surface area contributed by atoms with Crippen LogP contribution in [0.3, 0.4) is 0 Å². The number of piperazine rings is 1. The summed E-state index contributed by atoms with van der Waals surface area (Å²) in [6.45, 7) is 10.4. The third-order valence-electron chi connectivity index (χ3n) is 5.86. The first-order valence-electron chi connectivity index (χ1n) is 12.1. The zero-order valence-corrected chi connectivity index (χ0v) is 21.2. The molecular weight excluding hydrogens is 473 g/mol. The predicted molar refractivity (Wildman–Crippen MR) is 133 cm³/mol. The SMILES string of the molecule is Cc1ccc(Nc2nc(N3C[C@@H](C)N[C@H](C)C3)nc3c(C(C)C)nn(CCOCC(F)(F)F)c23)nc1. The third kappa shape index (κ3) is 6.22. The van der Waals surface area contributed by atoms with E-state index in [4.69, 9.17) is 19.8 Å². The fourth-order valence-corrected chi connectivity index (χ4v) is 4.36. The molecule has 0 bridgehead atoms. The summed E-state index contributed by atoms with van der Waals surface area (Å²) in [5.74, 6) is 1.71. The number of anilines is 3. The summed E-state index contributed by atoms with van der Waals surface area (Å²) in [4.78, 5) is 16.4. The van der Waals surface area contributed by atoms with Crippen molar-refractivity contribution in [2.45, 2.75) is 65.3 Å². The average molecular weight is 507 g/mol. The summed E-state index contributed by atoms with van der Waals surface area (Å²) in [6.07, 6.45) is -2.63. The molecular formula is C24H33F3N8O. The number of halogens is 3. The summed E-state index contributed by atoms with van der Waals surface area (Å²) in [5, 5.41) is 11.5. The molecule has 36 heavy (non-hydrogen) atoms. The van der Waals surface area contributed by atoms with Gasteiger partial charge in [0.1, 0.15) is 23.5 Å². The van der Waals surface area contributed by atoms with E-state index in [1.54, 1.807) is 10.9 Å². The van der Waals surface area contributed by atoms with Gasteiger partial charge in [-0.05, 0) is 38.3 Å². The molecule has 4 rings (SSSR count). The molecule has 0 saturated carbocycles. The number of rotatable bonds is 8. The van der Waals surface area contributed by atoms with Crippen LogP contribution in [0.5, 0.6) is 0 Å². The van der Waals surface area contributed by atoms with Crippen molar-refractivity contribution in [1.82, 2.24) is 30.0 Å².